The number of nitrogens with one attached hydrogen (secondary N) is 1. The molecule has 7 rings (SSSR count). The summed E-state index contributed by atoms with van der Waals surface area (Å²) in [4.78, 5) is 13.1. The van der Waals surface area contributed by atoms with Crippen LogP contribution in [0.5, 0.6) is 23.0 Å². The molecule has 0 atom stereocenters. The highest BCUT2D eigenvalue weighted by Crippen LogP contribution is 2.48. The van der Waals surface area contributed by atoms with Gasteiger partial charge in [0, 0.05) is 11.4 Å². The summed E-state index contributed by atoms with van der Waals surface area (Å²) in [6.45, 7) is 65.0. The van der Waals surface area contributed by atoms with Gasteiger partial charge >= 0.3 is 0 Å². The van der Waals surface area contributed by atoms with Crippen molar-refractivity contribution in [1.29, 1.82) is 0 Å². The molecule has 0 aromatic heterocycles. The number of hydrogen-bond acceptors (Lipinski definition) is 7. The first-order chi connectivity index (χ1) is 42.5. The highest BCUT2D eigenvalue weighted by molar-refractivity contribution is 5.73. The Morgan fingerprint density at radius 3 is 0.713 bits per heavy atom. The van der Waals surface area contributed by atoms with Gasteiger partial charge in [-0.15, -0.1) is 4.91 Å². The van der Waals surface area contributed by atoms with Gasteiger partial charge in [0.1, 0.15) is 28.7 Å². The maximum atomic E-state index is 13.1. The summed E-state index contributed by atoms with van der Waals surface area (Å²) < 4.78 is 0. The Morgan fingerprint density at radius 1 is 0.266 bits per heavy atom. The maximum absolute atomic E-state index is 13.1. The van der Waals surface area contributed by atoms with E-state index >= 15 is 0 Å². The molecule has 0 aliphatic rings. The van der Waals surface area contributed by atoms with Gasteiger partial charge in [-0.05, 0) is 209 Å². The van der Waals surface area contributed by atoms with E-state index < -0.39 is 10.8 Å². The van der Waals surface area contributed by atoms with E-state index in [2.05, 4.69) is 309 Å². The quantitative estimate of drug-likeness (QED) is 0.0733. The van der Waals surface area contributed by atoms with Crippen LogP contribution in [0.25, 0.3) is 0 Å². The molecule has 0 aliphatic heterocycles. The van der Waals surface area contributed by atoms with E-state index in [-0.39, 0.29) is 43.3 Å². The van der Waals surface area contributed by atoms with Crippen molar-refractivity contribution in [2.75, 3.05) is 5.32 Å². The lowest BCUT2D eigenvalue weighted by molar-refractivity contribution is 0.422. The lowest BCUT2D eigenvalue weighted by Crippen LogP contribution is -2.18. The summed E-state index contributed by atoms with van der Waals surface area (Å²) in [5.41, 5.74) is 19.1. The average molecular weight is 1270 g/mol. The predicted octanol–water partition coefficient (Wildman–Crippen LogP) is 23.6. The van der Waals surface area contributed by atoms with Crippen LogP contribution < -0.4 is 5.32 Å². The normalized spacial score (nSPS) is 13.4. The summed E-state index contributed by atoms with van der Waals surface area (Å²) in [6, 6.07) is 33.7. The molecule has 0 saturated heterocycles. The number of hydrogen-bond donors (Lipinski definition) is 5. The molecule has 0 saturated carbocycles. The van der Waals surface area contributed by atoms with Crippen LogP contribution in [0.15, 0.2) is 96.2 Å². The lowest BCUT2D eigenvalue weighted by atomic mass is 9.76. The molecule has 0 spiro atoms. The van der Waals surface area contributed by atoms with E-state index in [1.54, 1.807) is 0 Å². The maximum Gasteiger partial charge on any atom is 0.123 e. The molecule has 0 heterocycles. The van der Waals surface area contributed by atoms with Crippen molar-refractivity contribution in [1.82, 2.24) is 0 Å². The van der Waals surface area contributed by atoms with Gasteiger partial charge in [0.25, 0.3) is 0 Å². The molecular formula is C87H120N2O5. The summed E-state index contributed by atoms with van der Waals surface area (Å²) in [5, 5.41) is 56.4. The van der Waals surface area contributed by atoms with Crippen LogP contribution in [-0.2, 0) is 86.3 Å². The molecule has 0 amide bonds. The Labute approximate surface area is 569 Å². The Kier molecular flexibility index (Phi) is 20.3. The molecule has 94 heavy (non-hydrogen) atoms. The molecule has 7 aromatic carbocycles. The molecular weight excluding hydrogens is 1150 g/mol. The number of nitrogens with zero attached hydrogens (tertiary/aromatic N) is 1. The average Bonchev–Trinajstić information content (AvgIpc) is 0.897. The van der Waals surface area contributed by atoms with E-state index in [0.717, 1.165) is 123 Å². The summed E-state index contributed by atoms with van der Waals surface area (Å²) in [5.74, 6) is 1.40. The number of rotatable bonds is 13. The molecule has 0 radical (unpaired) electrons. The third kappa shape index (κ3) is 17.0. The van der Waals surface area contributed by atoms with Crippen molar-refractivity contribution < 1.29 is 20.4 Å². The third-order valence-corrected chi connectivity index (χ3v) is 18.8. The van der Waals surface area contributed by atoms with Crippen molar-refractivity contribution in [2.45, 2.75) is 294 Å². The first-order valence-electron chi connectivity index (χ1n) is 34.5. The van der Waals surface area contributed by atoms with Crippen LogP contribution in [0.1, 0.15) is 319 Å². The number of aromatic hydroxyl groups is 4. The van der Waals surface area contributed by atoms with Gasteiger partial charge in [0.15, 0.2) is 0 Å². The first kappa shape index (κ1) is 74.5. The summed E-state index contributed by atoms with van der Waals surface area (Å²) >= 11 is 0. The van der Waals surface area contributed by atoms with Crippen molar-refractivity contribution in [2.24, 2.45) is 5.18 Å². The van der Waals surface area contributed by atoms with Crippen molar-refractivity contribution in [3.05, 3.63) is 207 Å². The Balaban J connectivity index is 1.64. The van der Waals surface area contributed by atoms with E-state index in [1.165, 1.54) is 0 Å². The molecule has 0 unspecified atom stereocenters. The number of nitroso groups, excluding NO2 is 1. The van der Waals surface area contributed by atoms with Crippen LogP contribution in [-0.4, -0.2) is 20.4 Å². The van der Waals surface area contributed by atoms with Crippen LogP contribution in [0.4, 0.5) is 17.1 Å². The fourth-order valence-corrected chi connectivity index (χ4v) is 13.5. The standard InChI is InChI=1S/C87H120N2O5/c1-78(2,3)61-41-56(42-62(73(61)89-94)79(4,5)6)39-59-37-52(34-54-45-65(82(13,14)15)75(91)66(46-54)83(16,17)18)38-60(40-57-49-69(86(25,26)27)77(93)70(50-57)87(28,29)30)72(59)88-71-32-31-51(33-53-43-63(80(7,8)9)74(90)64(44-53)81(10,11)12)35-58(71)36-55-47-67(84(19,20)21)76(92)68(48-55)85(22,23)24/h31-32,35,37-38,41-50,88,90-93H,33-34,36,39-40H2,1-30H3. The van der Waals surface area contributed by atoms with Crippen LogP contribution in [0.2, 0.25) is 0 Å². The van der Waals surface area contributed by atoms with E-state index in [9.17, 15) is 25.3 Å². The number of anilines is 2. The minimum atomic E-state index is -0.399. The molecule has 508 valence electrons. The summed E-state index contributed by atoms with van der Waals surface area (Å²) in [7, 11) is 0. The molecule has 7 aromatic rings. The van der Waals surface area contributed by atoms with Crippen molar-refractivity contribution >= 4 is 17.1 Å². The topological polar surface area (TPSA) is 122 Å². The second-order valence-corrected chi connectivity index (χ2v) is 38.1. The first-order valence-corrected chi connectivity index (χ1v) is 34.5. The SMILES string of the molecule is CC(C)(C)c1cc(Cc2ccc(Nc3c(Cc4cc(C(C)(C)C)c(O)c(C(C)(C)C)c4)cc(Cc4cc(C(C)(C)C)c(O)c(C(C)(C)C)c4)cc3Cc3cc(C(C)(C)C)c(N=O)c(C(C)(C)C)c3)c(Cc3cc(C(C)(C)C)c(O)c(C(C)(C)C)c3)c2)cc(C(C)(C)C)c1O. The molecule has 7 nitrogen and oxygen atoms in total. The van der Waals surface area contributed by atoms with Gasteiger partial charge < -0.3 is 25.7 Å². The highest BCUT2D eigenvalue weighted by Gasteiger charge is 2.34. The van der Waals surface area contributed by atoms with Crippen LogP contribution in [0.3, 0.4) is 0 Å². The van der Waals surface area contributed by atoms with Crippen molar-refractivity contribution in [3.8, 4) is 23.0 Å². The van der Waals surface area contributed by atoms with Gasteiger partial charge in [0.2, 0.25) is 0 Å². The largest absolute Gasteiger partial charge is 0.507 e. The van der Waals surface area contributed by atoms with Crippen LogP contribution in [0, 0.1) is 4.91 Å². The monoisotopic (exact) mass is 1270 g/mol. The number of phenolic OH excluding ortho intramolecular Hbond substituents is 4. The fourth-order valence-electron chi connectivity index (χ4n) is 13.5. The smallest absolute Gasteiger partial charge is 0.123 e. The molecule has 7 heteroatoms. The van der Waals surface area contributed by atoms with Crippen LogP contribution >= 0.6 is 0 Å². The zero-order valence-electron chi connectivity index (χ0n) is 63.8. The van der Waals surface area contributed by atoms with E-state index in [1.807, 2.05) is 0 Å². The minimum absolute atomic E-state index is 0.300. The Morgan fingerprint density at radius 2 is 0.468 bits per heavy atom. The number of benzene rings is 7. The second-order valence-electron chi connectivity index (χ2n) is 38.1. The zero-order valence-corrected chi connectivity index (χ0v) is 63.8. The highest BCUT2D eigenvalue weighted by atomic mass is 16.3. The minimum Gasteiger partial charge on any atom is -0.507 e. The van der Waals surface area contributed by atoms with Gasteiger partial charge in [-0.1, -0.05) is 293 Å². The predicted molar refractivity (Wildman–Crippen MR) is 402 cm³/mol. The Hall–Kier alpha value is -6.86. The zero-order chi connectivity index (χ0) is 71.1. The lowest BCUT2D eigenvalue weighted by Gasteiger charge is -2.29. The summed E-state index contributed by atoms with van der Waals surface area (Å²) in [6.07, 6.45) is 2.83. The third-order valence-electron chi connectivity index (χ3n) is 18.8. The van der Waals surface area contributed by atoms with Gasteiger partial charge in [-0.3, -0.25) is 0 Å². The van der Waals surface area contributed by atoms with Gasteiger partial charge in [-0.25, -0.2) is 0 Å². The molecule has 0 aliphatic carbocycles. The van der Waals surface area contributed by atoms with Crippen molar-refractivity contribution in [3.63, 3.8) is 0 Å². The Bertz CT molecular complexity index is 3810. The molecule has 0 fully saturated rings. The number of phenols is 4. The second kappa shape index (κ2) is 25.6. The van der Waals surface area contributed by atoms with E-state index in [4.69, 9.17) is 0 Å². The molecule has 0 bridgehead atoms. The van der Waals surface area contributed by atoms with E-state index in [0.29, 0.717) is 60.8 Å². The van der Waals surface area contributed by atoms with Gasteiger partial charge in [0.05, 0.1) is 0 Å². The van der Waals surface area contributed by atoms with Gasteiger partial charge in [-0.2, -0.15) is 0 Å². The fraction of sp³-hybridized carbons (Fsp3) is 0.517. The molecule has 5 N–H and O–H groups in total.